The highest BCUT2D eigenvalue weighted by Gasteiger charge is 2.29. The molecule has 2 heterocycles. The molecule has 8 nitrogen and oxygen atoms in total. The summed E-state index contributed by atoms with van der Waals surface area (Å²) >= 11 is 0. The van der Waals surface area contributed by atoms with Crippen LogP contribution in [0.15, 0.2) is 28.8 Å². The number of carbonyl (C=O) groups excluding carboxylic acids is 1. The van der Waals surface area contributed by atoms with Crippen molar-refractivity contribution >= 4 is 5.97 Å². The average molecular weight is 397 g/mol. The molecule has 0 aliphatic heterocycles. The van der Waals surface area contributed by atoms with Crippen LogP contribution in [0.25, 0.3) is 11.4 Å². The molecule has 0 amide bonds. The number of ether oxygens (including phenoxy) is 3. The Bertz CT molecular complexity index is 1050. The molecule has 0 saturated heterocycles. The molecule has 0 unspecified atom stereocenters. The first-order valence-corrected chi connectivity index (χ1v) is 9.42. The first kappa shape index (κ1) is 19.0. The zero-order chi connectivity index (χ0) is 20.5. The number of hydrogen-bond donors (Lipinski definition) is 0. The minimum Gasteiger partial charge on any atom is -0.493 e. The van der Waals surface area contributed by atoms with Gasteiger partial charge in [-0.15, -0.1) is 0 Å². The van der Waals surface area contributed by atoms with E-state index >= 15 is 0 Å². The number of aromatic nitrogens is 3. The monoisotopic (exact) mass is 397 g/mol. The van der Waals surface area contributed by atoms with Crippen LogP contribution in [0.4, 0.5) is 0 Å². The van der Waals surface area contributed by atoms with Crippen molar-refractivity contribution in [2.75, 3.05) is 14.2 Å². The largest absolute Gasteiger partial charge is 0.493 e. The van der Waals surface area contributed by atoms with E-state index in [1.165, 1.54) is 0 Å². The summed E-state index contributed by atoms with van der Waals surface area (Å²) < 4.78 is 23.4. The van der Waals surface area contributed by atoms with Crippen LogP contribution >= 0.6 is 0 Å². The predicted molar refractivity (Wildman–Crippen MR) is 104 cm³/mol. The molecule has 0 atom stereocenters. The van der Waals surface area contributed by atoms with Gasteiger partial charge in [0.05, 0.1) is 19.8 Å². The third kappa shape index (κ3) is 3.70. The second-order valence-corrected chi connectivity index (χ2v) is 7.04. The van der Waals surface area contributed by atoms with Gasteiger partial charge in [0.1, 0.15) is 0 Å². The Morgan fingerprint density at radius 3 is 2.62 bits per heavy atom. The van der Waals surface area contributed by atoms with Gasteiger partial charge in [-0.1, -0.05) is 5.16 Å². The Morgan fingerprint density at radius 1 is 1.17 bits per heavy atom. The molecule has 3 aromatic rings. The van der Waals surface area contributed by atoms with E-state index in [0.29, 0.717) is 34.5 Å². The first-order valence-electron chi connectivity index (χ1n) is 9.42. The fourth-order valence-electron chi connectivity index (χ4n) is 3.49. The summed E-state index contributed by atoms with van der Waals surface area (Å²) in [5, 5.41) is 3.96. The molecular formula is C21H23N3O5. The number of benzene rings is 1. The van der Waals surface area contributed by atoms with Crippen molar-refractivity contribution in [3.05, 3.63) is 47.1 Å². The lowest BCUT2D eigenvalue weighted by molar-refractivity contribution is 0.0429. The highest BCUT2D eigenvalue weighted by atomic mass is 16.6. The maximum atomic E-state index is 12.5. The lowest BCUT2D eigenvalue weighted by Crippen LogP contribution is -2.07. The maximum Gasteiger partial charge on any atom is 0.340 e. The molecule has 152 valence electrons. The van der Waals surface area contributed by atoms with Crippen LogP contribution in [0.3, 0.4) is 0 Å². The van der Waals surface area contributed by atoms with Gasteiger partial charge in [-0.25, -0.2) is 4.79 Å². The Balaban J connectivity index is 1.45. The summed E-state index contributed by atoms with van der Waals surface area (Å²) in [5.74, 6) is 1.38. The van der Waals surface area contributed by atoms with Crippen LogP contribution in [0.5, 0.6) is 11.5 Å². The molecule has 1 aliphatic rings. The minimum atomic E-state index is -0.393. The van der Waals surface area contributed by atoms with E-state index in [2.05, 4.69) is 14.7 Å². The van der Waals surface area contributed by atoms with Crippen LogP contribution < -0.4 is 9.47 Å². The Hall–Kier alpha value is -3.29. The maximum absolute atomic E-state index is 12.5. The van der Waals surface area contributed by atoms with Crippen LogP contribution in [0.1, 0.15) is 46.5 Å². The van der Waals surface area contributed by atoms with Gasteiger partial charge in [0, 0.05) is 23.0 Å². The number of nitrogens with zero attached hydrogens (tertiary/aromatic N) is 3. The smallest absolute Gasteiger partial charge is 0.340 e. The van der Waals surface area contributed by atoms with Crippen molar-refractivity contribution in [1.82, 2.24) is 14.7 Å². The fraction of sp³-hybridized carbons (Fsp3) is 0.381. The predicted octanol–water partition coefficient (Wildman–Crippen LogP) is 3.86. The van der Waals surface area contributed by atoms with Gasteiger partial charge in [-0.3, -0.25) is 0 Å². The zero-order valence-corrected chi connectivity index (χ0v) is 16.9. The summed E-state index contributed by atoms with van der Waals surface area (Å²) in [5.41, 5.74) is 3.29. The van der Waals surface area contributed by atoms with E-state index < -0.39 is 5.97 Å². The van der Waals surface area contributed by atoms with Gasteiger partial charge < -0.3 is 23.3 Å². The van der Waals surface area contributed by atoms with Gasteiger partial charge in [0.25, 0.3) is 5.89 Å². The minimum absolute atomic E-state index is 0.0911. The van der Waals surface area contributed by atoms with E-state index in [4.69, 9.17) is 18.7 Å². The van der Waals surface area contributed by atoms with Gasteiger partial charge in [0.15, 0.2) is 18.1 Å². The van der Waals surface area contributed by atoms with Gasteiger partial charge in [-0.05, 0) is 51.0 Å². The SMILES string of the molecule is COc1ccc(-c2noc(COC(=O)c3cc(C)n(C4CC4)c3C)n2)cc1OC. The Kier molecular flexibility index (Phi) is 5.00. The van der Waals surface area contributed by atoms with Crippen molar-refractivity contribution in [2.45, 2.75) is 39.3 Å². The second kappa shape index (κ2) is 7.62. The van der Waals surface area contributed by atoms with Crippen molar-refractivity contribution in [3.63, 3.8) is 0 Å². The molecule has 29 heavy (non-hydrogen) atoms. The molecule has 8 heteroatoms. The zero-order valence-electron chi connectivity index (χ0n) is 16.9. The Morgan fingerprint density at radius 2 is 1.93 bits per heavy atom. The highest BCUT2D eigenvalue weighted by Crippen LogP contribution is 2.38. The number of hydrogen-bond acceptors (Lipinski definition) is 7. The second-order valence-electron chi connectivity index (χ2n) is 7.04. The number of esters is 1. The normalized spacial score (nSPS) is 13.4. The van der Waals surface area contributed by atoms with Crippen LogP contribution in [0.2, 0.25) is 0 Å². The molecule has 1 aromatic carbocycles. The van der Waals surface area contributed by atoms with Crippen molar-refractivity contribution in [2.24, 2.45) is 0 Å². The Labute approximate surface area is 168 Å². The quantitative estimate of drug-likeness (QED) is 0.559. The van der Waals surface area contributed by atoms with E-state index in [9.17, 15) is 4.79 Å². The molecule has 0 radical (unpaired) electrons. The van der Waals surface area contributed by atoms with E-state index in [-0.39, 0.29) is 12.5 Å². The topological polar surface area (TPSA) is 88.6 Å². The number of methoxy groups -OCH3 is 2. The number of carbonyl (C=O) groups is 1. The molecule has 2 aromatic heterocycles. The lowest BCUT2D eigenvalue weighted by atomic mass is 10.2. The molecular weight excluding hydrogens is 374 g/mol. The van der Waals surface area contributed by atoms with E-state index in [1.807, 2.05) is 19.9 Å². The van der Waals surface area contributed by atoms with E-state index in [1.54, 1.807) is 32.4 Å². The van der Waals surface area contributed by atoms with Crippen molar-refractivity contribution < 1.29 is 23.5 Å². The highest BCUT2D eigenvalue weighted by molar-refractivity contribution is 5.91. The molecule has 1 saturated carbocycles. The van der Waals surface area contributed by atoms with Crippen molar-refractivity contribution in [1.29, 1.82) is 0 Å². The summed E-state index contributed by atoms with van der Waals surface area (Å²) in [4.78, 5) is 16.8. The molecule has 4 rings (SSSR count). The van der Waals surface area contributed by atoms with Gasteiger partial charge in [-0.2, -0.15) is 4.98 Å². The van der Waals surface area contributed by atoms with Crippen LogP contribution in [0, 0.1) is 13.8 Å². The van der Waals surface area contributed by atoms with Crippen LogP contribution in [-0.2, 0) is 11.3 Å². The lowest BCUT2D eigenvalue weighted by Gasteiger charge is -2.07. The number of rotatable bonds is 7. The standard InChI is InChI=1S/C21H23N3O5/c1-12-9-16(13(2)24(12)15-6-7-15)21(25)28-11-19-22-20(23-29-19)14-5-8-17(26-3)18(10-14)27-4/h5,8-10,15H,6-7,11H2,1-4H3. The summed E-state index contributed by atoms with van der Waals surface area (Å²) in [6, 6.07) is 7.70. The molecule has 0 N–H and O–H groups in total. The third-order valence-corrected chi connectivity index (χ3v) is 5.05. The van der Waals surface area contributed by atoms with E-state index in [0.717, 1.165) is 24.2 Å². The molecule has 1 fully saturated rings. The first-order chi connectivity index (χ1) is 14.0. The summed E-state index contributed by atoms with van der Waals surface area (Å²) in [6.45, 7) is 3.87. The summed E-state index contributed by atoms with van der Waals surface area (Å²) in [7, 11) is 3.13. The molecule has 0 bridgehead atoms. The van der Waals surface area contributed by atoms with Gasteiger partial charge in [0.2, 0.25) is 5.82 Å². The molecule has 0 spiro atoms. The fourth-order valence-corrected chi connectivity index (χ4v) is 3.49. The van der Waals surface area contributed by atoms with Crippen LogP contribution in [-0.4, -0.2) is 34.9 Å². The average Bonchev–Trinajstić information content (AvgIpc) is 3.36. The molecule has 1 aliphatic carbocycles. The van der Waals surface area contributed by atoms with Crippen molar-refractivity contribution in [3.8, 4) is 22.9 Å². The summed E-state index contributed by atoms with van der Waals surface area (Å²) in [6.07, 6.45) is 2.32. The third-order valence-electron chi connectivity index (χ3n) is 5.05. The van der Waals surface area contributed by atoms with Gasteiger partial charge >= 0.3 is 5.97 Å². The number of aryl methyl sites for hydroxylation is 1.